The van der Waals surface area contributed by atoms with Crippen LogP contribution in [0.2, 0.25) is 10.0 Å². The maximum Gasteiger partial charge on any atom is 0.328 e. The number of amides is 1. The number of carbonyl (C=O) groups excluding carboxylic acids is 1. The molecule has 234 valence electrons. The minimum Gasteiger partial charge on any atom is -0.491 e. The molecule has 44 heavy (non-hydrogen) atoms. The van der Waals surface area contributed by atoms with Crippen molar-refractivity contribution in [2.45, 2.75) is 25.4 Å². The largest absolute Gasteiger partial charge is 0.491 e. The Morgan fingerprint density at radius 1 is 1.05 bits per heavy atom. The highest BCUT2D eigenvalue weighted by Gasteiger charge is 2.45. The molecule has 2 aliphatic rings. The number of aromatic nitrogens is 2. The first-order valence-electron chi connectivity index (χ1n) is 13.6. The standard InChI is InChI=1S/C26H28Cl2N4O4.C4H4O4/c1-19(33)31-10-12-32(13-11-31)21-3-5-22(6-4-21)34-15-23-16-35-26(36-23,17-30-9-8-29-18-30)24-7-2-20(27)14-25(24)28;5-3(6)1-2-4(7)8/h2-9,14,18,23H,10-13,15-17H2,1H3;1-2H,(H,5,6)(H,7,8)/b;2-1+/t23-,26-;/m1./s1. The first-order valence-corrected chi connectivity index (χ1v) is 14.4. The molecule has 12 nitrogen and oxygen atoms in total. The van der Waals surface area contributed by atoms with Crippen molar-refractivity contribution in [3.63, 3.8) is 0 Å². The van der Waals surface area contributed by atoms with Crippen LogP contribution in [-0.2, 0) is 36.2 Å². The summed E-state index contributed by atoms with van der Waals surface area (Å²) in [6.07, 6.45) is 6.09. The predicted octanol–water partition coefficient (Wildman–Crippen LogP) is 3.92. The van der Waals surface area contributed by atoms with Crippen molar-refractivity contribution >= 4 is 46.7 Å². The van der Waals surface area contributed by atoms with E-state index >= 15 is 0 Å². The molecular formula is C30H32Cl2N4O8. The third kappa shape index (κ3) is 8.96. The number of piperazine rings is 1. The van der Waals surface area contributed by atoms with Crippen molar-refractivity contribution in [1.82, 2.24) is 14.5 Å². The van der Waals surface area contributed by atoms with Gasteiger partial charge in [0.05, 0.1) is 24.5 Å². The number of carbonyl (C=O) groups is 3. The molecule has 3 heterocycles. The van der Waals surface area contributed by atoms with Crippen LogP contribution in [0, 0.1) is 0 Å². The molecule has 3 aromatic rings. The molecule has 0 radical (unpaired) electrons. The summed E-state index contributed by atoms with van der Waals surface area (Å²) in [5.74, 6) is -2.72. The number of rotatable bonds is 9. The molecule has 2 saturated heterocycles. The number of hydrogen-bond acceptors (Lipinski definition) is 8. The van der Waals surface area contributed by atoms with Gasteiger partial charge in [-0.2, -0.15) is 0 Å². The monoisotopic (exact) mass is 646 g/mol. The predicted molar refractivity (Wildman–Crippen MR) is 162 cm³/mol. The van der Waals surface area contributed by atoms with Gasteiger partial charge < -0.3 is 38.8 Å². The Hall–Kier alpha value is -4.10. The van der Waals surface area contributed by atoms with Crippen LogP contribution >= 0.6 is 23.2 Å². The number of halogens is 2. The number of imidazole rings is 1. The highest BCUT2D eigenvalue weighted by Crippen LogP contribution is 2.40. The quantitative estimate of drug-likeness (QED) is 0.328. The second kappa shape index (κ2) is 15.1. The maximum absolute atomic E-state index is 11.6. The van der Waals surface area contributed by atoms with Gasteiger partial charge in [-0.3, -0.25) is 4.79 Å². The average Bonchev–Trinajstić information content (AvgIpc) is 3.66. The molecule has 0 aliphatic carbocycles. The second-order valence-electron chi connectivity index (χ2n) is 9.97. The van der Waals surface area contributed by atoms with E-state index in [1.807, 2.05) is 46.0 Å². The van der Waals surface area contributed by atoms with Crippen LogP contribution in [0.15, 0.2) is 73.3 Å². The lowest BCUT2D eigenvalue weighted by Gasteiger charge is -2.35. The number of hydrogen-bond donors (Lipinski definition) is 2. The van der Waals surface area contributed by atoms with Crippen LogP contribution in [0.4, 0.5) is 5.69 Å². The van der Waals surface area contributed by atoms with Gasteiger partial charge >= 0.3 is 11.9 Å². The van der Waals surface area contributed by atoms with Crippen LogP contribution in [0.3, 0.4) is 0 Å². The molecule has 5 rings (SSSR count). The smallest absolute Gasteiger partial charge is 0.328 e. The molecule has 14 heteroatoms. The van der Waals surface area contributed by atoms with Crippen molar-refractivity contribution < 1.29 is 38.8 Å². The minimum atomic E-state index is -1.26. The molecule has 0 saturated carbocycles. The maximum atomic E-state index is 11.6. The van der Waals surface area contributed by atoms with Crippen molar-refractivity contribution in [1.29, 1.82) is 0 Å². The van der Waals surface area contributed by atoms with E-state index in [1.165, 1.54) is 0 Å². The van der Waals surface area contributed by atoms with Gasteiger partial charge in [-0.15, -0.1) is 0 Å². The van der Waals surface area contributed by atoms with Crippen molar-refractivity contribution in [3.8, 4) is 5.75 Å². The number of ether oxygens (including phenoxy) is 3. The number of aliphatic carboxylic acids is 2. The van der Waals surface area contributed by atoms with Gasteiger partial charge in [0.1, 0.15) is 18.5 Å². The lowest BCUT2D eigenvalue weighted by molar-refractivity contribution is -0.189. The molecule has 2 atom stereocenters. The van der Waals surface area contributed by atoms with E-state index in [0.29, 0.717) is 47.5 Å². The second-order valence-corrected chi connectivity index (χ2v) is 10.8. The summed E-state index contributed by atoms with van der Waals surface area (Å²) < 4.78 is 20.6. The molecule has 2 aromatic carbocycles. The molecule has 2 aliphatic heterocycles. The van der Waals surface area contributed by atoms with Crippen LogP contribution in [0.5, 0.6) is 5.75 Å². The Labute approximate surface area is 264 Å². The molecule has 1 amide bonds. The SMILES string of the molecule is CC(=O)N1CCN(c2ccc(OC[C@@H]3CO[C@@](Cn4ccnc4)(c4ccc(Cl)cc4Cl)O3)cc2)CC1.O=C(O)/C=C/C(=O)O. The first kappa shape index (κ1) is 32.8. The lowest BCUT2D eigenvalue weighted by Crippen LogP contribution is -2.48. The molecule has 1 aromatic heterocycles. The zero-order valence-corrected chi connectivity index (χ0v) is 25.4. The van der Waals surface area contributed by atoms with Crippen molar-refractivity contribution in [2.75, 3.05) is 44.3 Å². The third-order valence-corrected chi connectivity index (χ3v) is 7.43. The Morgan fingerprint density at radius 3 is 2.30 bits per heavy atom. The van der Waals surface area contributed by atoms with E-state index in [1.54, 1.807) is 31.6 Å². The Morgan fingerprint density at radius 2 is 1.73 bits per heavy atom. The molecule has 0 spiro atoms. The normalized spacial score (nSPS) is 19.8. The topological polar surface area (TPSA) is 144 Å². The fourth-order valence-corrected chi connectivity index (χ4v) is 5.29. The van der Waals surface area contributed by atoms with Gasteiger partial charge in [-0.1, -0.05) is 29.3 Å². The fourth-order valence-electron chi connectivity index (χ4n) is 4.74. The molecule has 2 N–H and O–H groups in total. The fraction of sp³-hybridized carbons (Fsp3) is 0.333. The van der Waals surface area contributed by atoms with E-state index < -0.39 is 17.7 Å². The zero-order valence-electron chi connectivity index (χ0n) is 23.8. The van der Waals surface area contributed by atoms with Crippen LogP contribution in [0.1, 0.15) is 12.5 Å². The van der Waals surface area contributed by atoms with Gasteiger partial charge in [-0.05, 0) is 36.4 Å². The van der Waals surface area contributed by atoms with Crippen molar-refractivity contribution in [3.05, 3.63) is 88.9 Å². The van der Waals surface area contributed by atoms with Crippen LogP contribution < -0.4 is 9.64 Å². The van der Waals surface area contributed by atoms with Gasteiger partial charge in [-0.25, -0.2) is 14.6 Å². The van der Waals surface area contributed by atoms with Crippen LogP contribution in [-0.4, -0.2) is 88.0 Å². The summed E-state index contributed by atoms with van der Waals surface area (Å²) in [5.41, 5.74) is 1.82. The van der Waals surface area contributed by atoms with E-state index in [-0.39, 0.29) is 12.0 Å². The molecule has 2 fully saturated rings. The van der Waals surface area contributed by atoms with Crippen molar-refractivity contribution in [2.24, 2.45) is 0 Å². The summed E-state index contributed by atoms with van der Waals surface area (Å²) in [6.45, 7) is 5.80. The minimum absolute atomic E-state index is 0.129. The van der Waals surface area contributed by atoms with Crippen LogP contribution in [0.25, 0.3) is 0 Å². The molecular weight excluding hydrogens is 615 g/mol. The number of anilines is 1. The summed E-state index contributed by atoms with van der Waals surface area (Å²) in [4.78, 5) is 38.9. The molecule has 0 bridgehead atoms. The Kier molecular flexibility index (Phi) is 11.2. The third-order valence-electron chi connectivity index (χ3n) is 6.88. The number of nitrogens with zero attached hydrogens (tertiary/aromatic N) is 4. The number of benzene rings is 2. The van der Waals surface area contributed by atoms with Gasteiger partial charge in [0.25, 0.3) is 0 Å². The Balaban J connectivity index is 0.000000488. The summed E-state index contributed by atoms with van der Waals surface area (Å²) >= 11 is 12.7. The summed E-state index contributed by atoms with van der Waals surface area (Å²) in [5, 5.41) is 16.6. The van der Waals surface area contributed by atoms with E-state index in [9.17, 15) is 14.4 Å². The van der Waals surface area contributed by atoms with E-state index in [4.69, 9.17) is 47.6 Å². The zero-order chi connectivity index (χ0) is 31.7. The average molecular weight is 648 g/mol. The first-order chi connectivity index (χ1) is 21.0. The van der Waals surface area contributed by atoms with E-state index in [0.717, 1.165) is 37.6 Å². The summed E-state index contributed by atoms with van der Waals surface area (Å²) in [7, 11) is 0. The number of carboxylic acids is 2. The molecule has 0 unspecified atom stereocenters. The highest BCUT2D eigenvalue weighted by atomic mass is 35.5. The lowest BCUT2D eigenvalue weighted by atomic mass is 10.1. The van der Waals surface area contributed by atoms with Gasteiger partial charge in [0.15, 0.2) is 0 Å². The highest BCUT2D eigenvalue weighted by molar-refractivity contribution is 6.35. The van der Waals surface area contributed by atoms with Gasteiger partial charge in [0, 0.05) is 73.9 Å². The number of carboxylic acid groups (broad SMARTS) is 2. The van der Waals surface area contributed by atoms with E-state index in [2.05, 4.69) is 9.88 Å². The summed E-state index contributed by atoms with van der Waals surface area (Å²) in [6, 6.07) is 13.3. The Bertz CT molecular complexity index is 1440. The van der Waals surface area contributed by atoms with Gasteiger partial charge in [0.2, 0.25) is 11.7 Å².